The lowest BCUT2D eigenvalue weighted by Gasteiger charge is -2.28. The van der Waals surface area contributed by atoms with Crippen molar-refractivity contribution in [1.82, 2.24) is 5.32 Å². The van der Waals surface area contributed by atoms with E-state index in [2.05, 4.69) is 89.4 Å². The average molecular weight is 347 g/mol. The van der Waals surface area contributed by atoms with Crippen molar-refractivity contribution in [3.63, 3.8) is 0 Å². The maximum atomic E-state index is 3.61. The van der Waals surface area contributed by atoms with E-state index in [9.17, 15) is 0 Å². The minimum Gasteiger partial charge on any atom is -0.341 e. The van der Waals surface area contributed by atoms with Gasteiger partial charge in [-0.05, 0) is 49.7 Å². The van der Waals surface area contributed by atoms with Crippen LogP contribution in [0.25, 0.3) is 0 Å². The molecule has 0 fully saturated rings. The molecule has 0 atom stereocenters. The van der Waals surface area contributed by atoms with Crippen molar-refractivity contribution in [2.24, 2.45) is 0 Å². The summed E-state index contributed by atoms with van der Waals surface area (Å²) < 4.78 is 1.12. The molecule has 2 aromatic carbocycles. The Hall–Kier alpha value is -1.32. The molecule has 2 aromatic rings. The smallest absolute Gasteiger partial charge is 0.0467 e. The fraction of sp³-hybridized carbons (Fsp3) is 0.333. The van der Waals surface area contributed by atoms with Crippen LogP contribution < -0.4 is 10.2 Å². The molecule has 0 radical (unpaired) electrons. The molecule has 0 spiro atoms. The normalized spacial score (nSPS) is 10.7. The van der Waals surface area contributed by atoms with E-state index in [4.69, 9.17) is 0 Å². The number of anilines is 2. The topological polar surface area (TPSA) is 15.3 Å². The number of halogens is 1. The number of rotatable bonds is 6. The summed E-state index contributed by atoms with van der Waals surface area (Å²) in [6.45, 7) is 9.32. The van der Waals surface area contributed by atoms with Gasteiger partial charge >= 0.3 is 0 Å². The number of para-hydroxylation sites is 1. The molecule has 2 rings (SSSR count). The highest BCUT2D eigenvalue weighted by Gasteiger charge is 2.13. The first-order chi connectivity index (χ1) is 10.2. The molecule has 0 bridgehead atoms. The monoisotopic (exact) mass is 346 g/mol. The van der Waals surface area contributed by atoms with Gasteiger partial charge in [0.2, 0.25) is 0 Å². The summed E-state index contributed by atoms with van der Waals surface area (Å²) in [4.78, 5) is 2.38. The van der Waals surface area contributed by atoms with Gasteiger partial charge in [0, 0.05) is 28.9 Å². The van der Waals surface area contributed by atoms with Gasteiger partial charge in [-0.15, -0.1) is 0 Å². The fourth-order valence-corrected chi connectivity index (χ4v) is 2.88. The standard InChI is InChI=1S/C18H23BrN2/c1-4-20-13-15-10-11-16(19)12-18(15)21(5-2)17-9-7-6-8-14(17)3/h6-12,20H,4-5,13H2,1-3H3. The number of nitrogens with one attached hydrogen (secondary N) is 1. The Morgan fingerprint density at radius 2 is 1.81 bits per heavy atom. The molecule has 0 aliphatic heterocycles. The minimum absolute atomic E-state index is 0.890. The predicted molar refractivity (Wildman–Crippen MR) is 95.4 cm³/mol. The number of nitrogens with zero attached hydrogens (tertiary/aromatic N) is 1. The van der Waals surface area contributed by atoms with Crippen LogP contribution in [0.5, 0.6) is 0 Å². The number of hydrogen-bond acceptors (Lipinski definition) is 2. The van der Waals surface area contributed by atoms with Crippen LogP contribution in [0.1, 0.15) is 25.0 Å². The first-order valence-corrected chi connectivity index (χ1v) is 8.29. The van der Waals surface area contributed by atoms with Gasteiger partial charge < -0.3 is 10.2 Å². The summed E-state index contributed by atoms with van der Waals surface area (Å²) in [5.74, 6) is 0. The molecule has 0 amide bonds. The number of benzene rings is 2. The van der Waals surface area contributed by atoms with Crippen LogP contribution >= 0.6 is 15.9 Å². The highest BCUT2D eigenvalue weighted by molar-refractivity contribution is 9.10. The van der Waals surface area contributed by atoms with Crippen LogP contribution in [0.2, 0.25) is 0 Å². The third kappa shape index (κ3) is 3.86. The Bertz CT molecular complexity index is 596. The van der Waals surface area contributed by atoms with Crippen LogP contribution in [0.4, 0.5) is 11.4 Å². The lowest BCUT2D eigenvalue weighted by Crippen LogP contribution is -2.21. The number of aryl methyl sites for hydroxylation is 1. The van der Waals surface area contributed by atoms with E-state index in [-0.39, 0.29) is 0 Å². The van der Waals surface area contributed by atoms with Crippen molar-refractivity contribution >= 4 is 27.3 Å². The second-order valence-electron chi connectivity index (χ2n) is 5.08. The first kappa shape index (κ1) is 16.1. The van der Waals surface area contributed by atoms with Crippen LogP contribution in [0.3, 0.4) is 0 Å². The summed E-state index contributed by atoms with van der Waals surface area (Å²) in [6, 6.07) is 15.1. The van der Waals surface area contributed by atoms with Gasteiger partial charge in [0.05, 0.1) is 0 Å². The van der Waals surface area contributed by atoms with Crippen molar-refractivity contribution in [2.45, 2.75) is 27.3 Å². The van der Waals surface area contributed by atoms with Crippen molar-refractivity contribution in [1.29, 1.82) is 0 Å². The minimum atomic E-state index is 0.890. The van der Waals surface area contributed by atoms with Gasteiger partial charge in [-0.2, -0.15) is 0 Å². The predicted octanol–water partition coefficient (Wildman–Crippen LogP) is 5.03. The molecule has 0 saturated carbocycles. The molecule has 0 aliphatic rings. The lowest BCUT2D eigenvalue weighted by atomic mass is 10.1. The second-order valence-corrected chi connectivity index (χ2v) is 6.00. The van der Waals surface area contributed by atoms with E-state index in [1.165, 1.54) is 22.5 Å². The van der Waals surface area contributed by atoms with Gasteiger partial charge in [-0.1, -0.05) is 47.1 Å². The SMILES string of the molecule is CCNCc1ccc(Br)cc1N(CC)c1ccccc1C. The van der Waals surface area contributed by atoms with Gasteiger partial charge in [-0.3, -0.25) is 0 Å². The van der Waals surface area contributed by atoms with Crippen LogP contribution in [0, 0.1) is 6.92 Å². The Labute approximate surface area is 136 Å². The summed E-state index contributed by atoms with van der Waals surface area (Å²) in [5, 5.41) is 3.43. The first-order valence-electron chi connectivity index (χ1n) is 7.49. The highest BCUT2D eigenvalue weighted by Crippen LogP contribution is 2.32. The largest absolute Gasteiger partial charge is 0.341 e. The third-order valence-electron chi connectivity index (χ3n) is 3.63. The van der Waals surface area contributed by atoms with E-state index >= 15 is 0 Å². The van der Waals surface area contributed by atoms with E-state index in [0.717, 1.165) is 24.1 Å². The van der Waals surface area contributed by atoms with Crippen LogP contribution in [0.15, 0.2) is 46.9 Å². The summed E-state index contributed by atoms with van der Waals surface area (Å²) in [5.41, 5.74) is 5.16. The van der Waals surface area contributed by atoms with E-state index in [1.807, 2.05) is 0 Å². The fourth-order valence-electron chi connectivity index (χ4n) is 2.53. The number of hydrogen-bond donors (Lipinski definition) is 1. The lowest BCUT2D eigenvalue weighted by molar-refractivity contribution is 0.725. The Morgan fingerprint density at radius 1 is 1.05 bits per heavy atom. The van der Waals surface area contributed by atoms with Gasteiger partial charge in [0.1, 0.15) is 0 Å². The molecular weight excluding hydrogens is 324 g/mol. The molecule has 3 heteroatoms. The molecule has 1 N–H and O–H groups in total. The Balaban J connectivity index is 2.46. The van der Waals surface area contributed by atoms with Crippen LogP contribution in [-0.4, -0.2) is 13.1 Å². The van der Waals surface area contributed by atoms with Crippen molar-refractivity contribution in [3.05, 3.63) is 58.1 Å². The molecule has 0 aliphatic carbocycles. The third-order valence-corrected chi connectivity index (χ3v) is 4.12. The molecule has 0 unspecified atom stereocenters. The molecule has 2 nitrogen and oxygen atoms in total. The maximum Gasteiger partial charge on any atom is 0.0467 e. The molecule has 21 heavy (non-hydrogen) atoms. The molecule has 0 saturated heterocycles. The zero-order valence-electron chi connectivity index (χ0n) is 13.0. The summed E-state index contributed by atoms with van der Waals surface area (Å²) >= 11 is 3.61. The van der Waals surface area contributed by atoms with Gasteiger partial charge in [0.15, 0.2) is 0 Å². The van der Waals surface area contributed by atoms with Crippen molar-refractivity contribution in [3.8, 4) is 0 Å². The van der Waals surface area contributed by atoms with E-state index in [0.29, 0.717) is 0 Å². The van der Waals surface area contributed by atoms with E-state index < -0.39 is 0 Å². The molecule has 0 heterocycles. The Kier molecular flexibility index (Phi) is 5.83. The van der Waals surface area contributed by atoms with Crippen molar-refractivity contribution < 1.29 is 0 Å². The van der Waals surface area contributed by atoms with E-state index in [1.54, 1.807) is 0 Å². The average Bonchev–Trinajstić information content (AvgIpc) is 2.49. The van der Waals surface area contributed by atoms with Gasteiger partial charge in [-0.25, -0.2) is 0 Å². The van der Waals surface area contributed by atoms with Crippen LogP contribution in [-0.2, 0) is 6.54 Å². The zero-order valence-corrected chi connectivity index (χ0v) is 14.6. The van der Waals surface area contributed by atoms with Gasteiger partial charge in [0.25, 0.3) is 0 Å². The summed E-state index contributed by atoms with van der Waals surface area (Å²) in [7, 11) is 0. The highest BCUT2D eigenvalue weighted by atomic mass is 79.9. The molecule has 0 aromatic heterocycles. The second kappa shape index (κ2) is 7.62. The van der Waals surface area contributed by atoms with Crippen molar-refractivity contribution in [2.75, 3.05) is 18.0 Å². The summed E-state index contributed by atoms with van der Waals surface area (Å²) in [6.07, 6.45) is 0. The maximum absolute atomic E-state index is 3.61. The molecule has 112 valence electrons. The zero-order chi connectivity index (χ0) is 15.2. The molecular formula is C18H23BrN2. The quantitative estimate of drug-likeness (QED) is 0.789. The Morgan fingerprint density at radius 3 is 2.48 bits per heavy atom.